The summed E-state index contributed by atoms with van der Waals surface area (Å²) in [7, 11) is 0. The molecule has 1 aliphatic carbocycles. The summed E-state index contributed by atoms with van der Waals surface area (Å²) in [5, 5.41) is 8.18. The van der Waals surface area contributed by atoms with Gasteiger partial charge in [-0.2, -0.15) is 0 Å². The van der Waals surface area contributed by atoms with Crippen molar-refractivity contribution < 1.29 is 28.7 Å². The van der Waals surface area contributed by atoms with E-state index in [4.69, 9.17) is 9.47 Å². The minimum Gasteiger partial charge on any atom is -0.379 e. The van der Waals surface area contributed by atoms with E-state index in [0.717, 1.165) is 38.5 Å². The lowest BCUT2D eigenvalue weighted by Gasteiger charge is -2.31. The number of amides is 4. The Bertz CT molecular complexity index is 689. The second-order valence-corrected chi connectivity index (χ2v) is 9.82. The van der Waals surface area contributed by atoms with E-state index in [2.05, 4.69) is 16.0 Å². The fourth-order valence-corrected chi connectivity index (χ4v) is 4.39. The van der Waals surface area contributed by atoms with E-state index in [9.17, 15) is 19.2 Å². The van der Waals surface area contributed by atoms with Crippen molar-refractivity contribution in [3.05, 3.63) is 0 Å². The van der Waals surface area contributed by atoms with Gasteiger partial charge in [0.25, 0.3) is 5.91 Å². The normalized spacial score (nSPS) is 18.6. The predicted octanol–water partition coefficient (Wildman–Crippen LogP) is 1.76. The number of unbranched alkanes of at least 4 members (excludes halogenated alkanes) is 1. The Morgan fingerprint density at radius 2 is 1.66 bits per heavy atom. The molecule has 3 N–H and O–H groups in total. The maximum absolute atomic E-state index is 13.4. The van der Waals surface area contributed by atoms with Gasteiger partial charge < -0.3 is 30.3 Å². The van der Waals surface area contributed by atoms with Crippen LogP contribution in [-0.2, 0) is 23.9 Å². The number of hydrogen-bond acceptors (Lipinski definition) is 6. The Morgan fingerprint density at radius 3 is 2.29 bits per heavy atom. The van der Waals surface area contributed by atoms with Crippen LogP contribution in [0.25, 0.3) is 0 Å². The Hall–Kier alpha value is -2.20. The second-order valence-electron chi connectivity index (χ2n) is 9.82. The van der Waals surface area contributed by atoms with Gasteiger partial charge in [-0.1, -0.05) is 45.4 Å². The van der Waals surface area contributed by atoms with E-state index in [1.54, 1.807) is 18.7 Å². The largest absolute Gasteiger partial charge is 0.379 e. The van der Waals surface area contributed by atoms with Gasteiger partial charge >= 0.3 is 6.03 Å². The number of nitrogens with one attached hydrogen (secondary N) is 3. The molecule has 35 heavy (non-hydrogen) atoms. The Morgan fingerprint density at radius 1 is 0.971 bits per heavy atom. The van der Waals surface area contributed by atoms with Crippen molar-refractivity contribution in [1.82, 2.24) is 20.9 Å². The number of morpholine rings is 1. The molecule has 0 aromatic carbocycles. The fourth-order valence-electron chi connectivity index (χ4n) is 4.39. The zero-order valence-electron chi connectivity index (χ0n) is 21.6. The van der Waals surface area contributed by atoms with Gasteiger partial charge in [0.15, 0.2) is 0 Å². The lowest BCUT2D eigenvalue weighted by atomic mass is 9.84. The summed E-state index contributed by atoms with van der Waals surface area (Å²) < 4.78 is 10.9. The summed E-state index contributed by atoms with van der Waals surface area (Å²) in [5.41, 5.74) is 0. The molecule has 1 unspecified atom stereocenters. The number of hydrogen-bond donors (Lipinski definition) is 3. The number of urea groups is 1. The molecule has 1 heterocycles. The van der Waals surface area contributed by atoms with Gasteiger partial charge in [-0.05, 0) is 32.6 Å². The molecule has 2 fully saturated rings. The van der Waals surface area contributed by atoms with Crippen molar-refractivity contribution >= 4 is 23.6 Å². The van der Waals surface area contributed by atoms with Crippen LogP contribution >= 0.6 is 0 Å². The number of nitrogens with zero attached hydrogens (tertiary/aromatic N) is 1. The minimum atomic E-state index is -1.12. The quantitative estimate of drug-likeness (QED) is 0.264. The monoisotopic (exact) mass is 496 g/mol. The number of carbonyl (C=O) groups excluding carboxylic acids is 4. The van der Waals surface area contributed by atoms with Crippen LogP contribution in [0.4, 0.5) is 4.79 Å². The summed E-state index contributed by atoms with van der Waals surface area (Å²) in [6.07, 6.45) is 7.66. The van der Waals surface area contributed by atoms with Crippen LogP contribution in [0.1, 0.15) is 72.1 Å². The second kappa shape index (κ2) is 15.7. The van der Waals surface area contributed by atoms with E-state index in [1.807, 2.05) is 6.92 Å². The first-order valence-corrected chi connectivity index (χ1v) is 13.2. The molecule has 200 valence electrons. The Labute approximate surface area is 209 Å². The maximum atomic E-state index is 13.4. The summed E-state index contributed by atoms with van der Waals surface area (Å²) in [6, 6.07) is -2.45. The van der Waals surface area contributed by atoms with E-state index >= 15 is 0 Å². The number of carbonyl (C=O) groups is 4. The van der Waals surface area contributed by atoms with Gasteiger partial charge in [0.05, 0.1) is 19.8 Å². The molecule has 0 spiro atoms. The van der Waals surface area contributed by atoms with Crippen molar-refractivity contribution in [1.29, 1.82) is 0 Å². The van der Waals surface area contributed by atoms with E-state index in [0.29, 0.717) is 45.2 Å². The summed E-state index contributed by atoms with van der Waals surface area (Å²) >= 11 is 0. The molecule has 0 bridgehead atoms. The molecule has 1 aliphatic heterocycles. The van der Waals surface area contributed by atoms with Crippen LogP contribution < -0.4 is 16.0 Å². The van der Waals surface area contributed by atoms with E-state index < -0.39 is 29.7 Å². The molecule has 2 aliphatic rings. The molecular formula is C25H44N4O6. The molecule has 2 atom stereocenters. The molecule has 1 saturated carbocycles. The molecule has 0 aromatic rings. The third kappa shape index (κ3) is 10.5. The highest BCUT2D eigenvalue weighted by Crippen LogP contribution is 2.27. The van der Waals surface area contributed by atoms with Gasteiger partial charge in [0.1, 0.15) is 12.1 Å². The molecule has 2 rings (SSSR count). The first kappa shape index (κ1) is 29.0. The molecule has 10 nitrogen and oxygen atoms in total. The van der Waals surface area contributed by atoms with Crippen LogP contribution in [0.5, 0.6) is 0 Å². The van der Waals surface area contributed by atoms with Gasteiger partial charge in [-0.3, -0.25) is 14.4 Å². The summed E-state index contributed by atoms with van der Waals surface area (Å²) in [4.78, 5) is 53.1. The molecular weight excluding hydrogens is 452 g/mol. The average Bonchev–Trinajstić information content (AvgIpc) is 2.85. The number of ether oxygens (including phenoxy) is 2. The van der Waals surface area contributed by atoms with Gasteiger partial charge in [-0.15, -0.1) is 0 Å². The van der Waals surface area contributed by atoms with Gasteiger partial charge in [0, 0.05) is 25.7 Å². The molecule has 1 saturated heterocycles. The van der Waals surface area contributed by atoms with Crippen LogP contribution in [0.2, 0.25) is 0 Å². The molecule has 0 radical (unpaired) electrons. The molecule has 0 aromatic heterocycles. The zero-order valence-corrected chi connectivity index (χ0v) is 21.6. The van der Waals surface area contributed by atoms with Gasteiger partial charge in [0.2, 0.25) is 11.7 Å². The standard InChI is InChI=1S/C25H44N4O6/c1-4-5-13-35-17-21(22(30)24(32)26-18(2)3)27-23(31)20(16-19-9-7-6-8-10-19)28-25(33)29-11-14-34-15-12-29/h18-21H,4-17H2,1-3H3,(H,26,32)(H,27,31)(H,28,33)/t20-,21?/m0/s1. The first-order valence-electron chi connectivity index (χ1n) is 13.2. The summed E-state index contributed by atoms with van der Waals surface area (Å²) in [6.45, 7) is 7.74. The molecule has 4 amide bonds. The zero-order chi connectivity index (χ0) is 25.6. The molecule has 10 heteroatoms. The predicted molar refractivity (Wildman–Crippen MR) is 132 cm³/mol. The third-order valence-corrected chi connectivity index (χ3v) is 6.41. The minimum absolute atomic E-state index is 0.0936. The van der Waals surface area contributed by atoms with Crippen molar-refractivity contribution in [2.24, 2.45) is 5.92 Å². The van der Waals surface area contributed by atoms with Crippen LogP contribution in [0.3, 0.4) is 0 Å². The maximum Gasteiger partial charge on any atom is 0.318 e. The lowest BCUT2D eigenvalue weighted by molar-refractivity contribution is -0.141. The SMILES string of the molecule is CCCCOCC(NC(=O)[C@H](CC1CCCCC1)NC(=O)N1CCOCC1)C(=O)C(=O)NC(C)C. The highest BCUT2D eigenvalue weighted by atomic mass is 16.5. The highest BCUT2D eigenvalue weighted by Gasteiger charge is 2.33. The van der Waals surface area contributed by atoms with Crippen molar-refractivity contribution in [2.45, 2.75) is 90.3 Å². The van der Waals surface area contributed by atoms with Crippen LogP contribution in [0, 0.1) is 5.92 Å². The van der Waals surface area contributed by atoms with Crippen molar-refractivity contribution in [3.63, 3.8) is 0 Å². The number of rotatable bonds is 13. The van der Waals surface area contributed by atoms with Gasteiger partial charge in [-0.25, -0.2) is 4.79 Å². The topological polar surface area (TPSA) is 126 Å². The number of Topliss-reactive ketones (excluding diaryl/α,β-unsaturated/α-hetero) is 1. The lowest BCUT2D eigenvalue weighted by Crippen LogP contribution is -2.58. The first-order chi connectivity index (χ1) is 16.8. The smallest absolute Gasteiger partial charge is 0.318 e. The fraction of sp³-hybridized carbons (Fsp3) is 0.840. The highest BCUT2D eigenvalue weighted by molar-refractivity contribution is 6.38. The number of ketones is 1. The Balaban J connectivity index is 2.10. The van der Waals surface area contributed by atoms with Crippen molar-refractivity contribution in [2.75, 3.05) is 39.5 Å². The third-order valence-electron chi connectivity index (χ3n) is 6.41. The van der Waals surface area contributed by atoms with E-state index in [-0.39, 0.29) is 18.7 Å². The Kier molecular flexibility index (Phi) is 13.0. The average molecular weight is 497 g/mol. The van der Waals surface area contributed by atoms with Crippen LogP contribution in [-0.4, -0.2) is 86.2 Å². The van der Waals surface area contributed by atoms with Crippen LogP contribution in [0.15, 0.2) is 0 Å². The van der Waals surface area contributed by atoms with E-state index in [1.165, 1.54) is 6.42 Å². The summed E-state index contributed by atoms with van der Waals surface area (Å²) in [5.74, 6) is -1.65. The van der Waals surface area contributed by atoms with Crippen molar-refractivity contribution in [3.8, 4) is 0 Å².